The Hall–Kier alpha value is -2.69. The first-order chi connectivity index (χ1) is 13.0. The van der Waals surface area contributed by atoms with Crippen LogP contribution >= 0.6 is 0 Å². The third-order valence-corrected chi connectivity index (χ3v) is 6.01. The predicted molar refractivity (Wildman–Crippen MR) is 106 cm³/mol. The molecule has 2 nitrogen and oxygen atoms in total. The molecule has 28 heavy (non-hydrogen) atoms. The number of rotatable bonds is 1. The van der Waals surface area contributed by atoms with Crippen molar-refractivity contribution < 1.29 is 13.2 Å². The van der Waals surface area contributed by atoms with Gasteiger partial charge < -0.3 is 0 Å². The Morgan fingerprint density at radius 3 is 2.25 bits per heavy atom. The van der Waals surface area contributed by atoms with Gasteiger partial charge in [0.25, 0.3) is 0 Å². The first-order valence-corrected chi connectivity index (χ1v) is 9.19. The molecule has 0 atom stereocenters. The van der Waals surface area contributed by atoms with Gasteiger partial charge in [-0.05, 0) is 37.6 Å². The molecule has 0 amide bonds. The molecule has 0 aliphatic carbocycles. The average molecular weight is 382 g/mol. The van der Waals surface area contributed by atoms with E-state index in [1.54, 1.807) is 6.07 Å². The maximum Gasteiger partial charge on any atom is 0.416 e. The molecular weight excluding hydrogens is 361 g/mol. The maximum atomic E-state index is 13.9. The van der Waals surface area contributed by atoms with Crippen LogP contribution in [0.1, 0.15) is 50.1 Å². The third kappa shape index (κ3) is 2.72. The van der Waals surface area contributed by atoms with Crippen LogP contribution in [-0.2, 0) is 11.6 Å². The van der Waals surface area contributed by atoms with E-state index in [1.165, 1.54) is 6.07 Å². The Morgan fingerprint density at radius 2 is 1.54 bits per heavy atom. The maximum absolute atomic E-state index is 13.9. The molecule has 1 aliphatic heterocycles. The summed E-state index contributed by atoms with van der Waals surface area (Å²) in [6, 6.07) is 15.8. The minimum absolute atomic E-state index is 0.285. The summed E-state index contributed by atoms with van der Waals surface area (Å²) in [6.07, 6.45) is -4.43. The second-order valence-corrected chi connectivity index (χ2v) is 8.26. The van der Waals surface area contributed by atoms with E-state index in [4.69, 9.17) is 9.98 Å². The molecule has 2 heterocycles. The second-order valence-electron chi connectivity index (χ2n) is 8.26. The minimum atomic E-state index is -4.43. The average Bonchev–Trinajstić information content (AvgIpc) is 2.63. The zero-order valence-corrected chi connectivity index (χ0v) is 16.2. The summed E-state index contributed by atoms with van der Waals surface area (Å²) in [7, 11) is 0. The van der Waals surface area contributed by atoms with Gasteiger partial charge in [0.2, 0.25) is 0 Å². The largest absolute Gasteiger partial charge is 0.416 e. The van der Waals surface area contributed by atoms with Crippen LogP contribution in [-0.4, -0.2) is 16.2 Å². The number of hydrogen-bond acceptors (Lipinski definition) is 2. The van der Waals surface area contributed by atoms with Gasteiger partial charge in [0, 0.05) is 16.4 Å². The number of pyridine rings is 1. The fraction of sp³-hybridized carbons (Fsp3) is 0.304. The number of fused-ring (bicyclic) bond motifs is 2. The molecule has 144 valence electrons. The highest BCUT2D eigenvalue weighted by Crippen LogP contribution is 2.48. The van der Waals surface area contributed by atoms with E-state index in [0.29, 0.717) is 17.0 Å². The smallest absolute Gasteiger partial charge is 0.275 e. The fourth-order valence-corrected chi connectivity index (χ4v) is 3.84. The summed E-state index contributed by atoms with van der Waals surface area (Å²) in [5, 5.41) is 0.978. The number of alkyl halides is 3. The Morgan fingerprint density at radius 1 is 0.821 bits per heavy atom. The third-order valence-electron chi connectivity index (χ3n) is 6.01. The zero-order valence-electron chi connectivity index (χ0n) is 16.2. The lowest BCUT2D eigenvalue weighted by Crippen LogP contribution is -2.47. The van der Waals surface area contributed by atoms with E-state index in [9.17, 15) is 13.2 Å². The summed E-state index contributed by atoms with van der Waals surface area (Å²) >= 11 is 0. The normalized spacial score (nSPS) is 17.9. The van der Waals surface area contributed by atoms with Crippen LogP contribution in [0.4, 0.5) is 13.2 Å². The van der Waals surface area contributed by atoms with Crippen molar-refractivity contribution in [3.8, 4) is 0 Å². The Balaban J connectivity index is 2.03. The summed E-state index contributed by atoms with van der Waals surface area (Å²) in [4.78, 5) is 9.59. The predicted octanol–water partition coefficient (Wildman–Crippen LogP) is 6.16. The standard InChI is InChI=1S/C23H21F3N2/c1-21(2)19-15(9-7-10-16(19)23(24,25)26)20(28-22(21,3)4)18-13-12-14-8-5-6-11-17(14)27-18/h5-13H,1-4H3. The molecule has 2 aromatic carbocycles. The van der Waals surface area contributed by atoms with E-state index >= 15 is 0 Å². The second kappa shape index (κ2) is 5.90. The van der Waals surface area contributed by atoms with Crippen LogP contribution < -0.4 is 0 Å². The molecule has 0 bridgehead atoms. The molecule has 0 radical (unpaired) electrons. The Kier molecular flexibility index (Phi) is 3.93. The molecule has 1 aromatic heterocycles. The Bertz CT molecular complexity index is 1110. The van der Waals surface area contributed by atoms with Crippen molar-refractivity contribution in [2.45, 2.75) is 44.8 Å². The molecule has 0 spiro atoms. The Labute approximate surface area is 162 Å². The number of aromatic nitrogens is 1. The van der Waals surface area contributed by atoms with E-state index in [-0.39, 0.29) is 5.56 Å². The quantitative estimate of drug-likeness (QED) is 0.495. The highest BCUT2D eigenvalue weighted by Gasteiger charge is 2.49. The van der Waals surface area contributed by atoms with E-state index in [2.05, 4.69) is 0 Å². The van der Waals surface area contributed by atoms with Crippen LogP contribution in [0.15, 0.2) is 59.6 Å². The molecule has 3 aromatic rings. The summed E-state index contributed by atoms with van der Waals surface area (Å²) in [5.41, 5.74) is 0.544. The molecular formula is C23H21F3N2. The molecule has 0 N–H and O–H groups in total. The lowest BCUT2D eigenvalue weighted by atomic mass is 9.64. The van der Waals surface area contributed by atoms with E-state index in [1.807, 2.05) is 64.1 Å². The van der Waals surface area contributed by atoms with Crippen molar-refractivity contribution in [1.29, 1.82) is 0 Å². The SMILES string of the molecule is CC1(C)N=C(c2ccc3ccccc3n2)c2cccc(C(F)(F)F)c2C1(C)C. The van der Waals surface area contributed by atoms with Crippen molar-refractivity contribution >= 4 is 16.6 Å². The van der Waals surface area contributed by atoms with Gasteiger partial charge in [0.15, 0.2) is 0 Å². The van der Waals surface area contributed by atoms with Crippen molar-refractivity contribution in [2.75, 3.05) is 0 Å². The lowest BCUT2D eigenvalue weighted by Gasteiger charge is -2.45. The number of hydrogen-bond donors (Lipinski definition) is 0. The number of nitrogens with zero attached hydrogens (tertiary/aromatic N) is 2. The number of halogens is 3. The highest BCUT2D eigenvalue weighted by atomic mass is 19.4. The van der Waals surface area contributed by atoms with Gasteiger partial charge in [0.05, 0.1) is 28.0 Å². The number of para-hydroxylation sites is 1. The molecule has 0 unspecified atom stereocenters. The van der Waals surface area contributed by atoms with Crippen LogP contribution in [0.5, 0.6) is 0 Å². The van der Waals surface area contributed by atoms with Crippen molar-refractivity contribution in [2.24, 2.45) is 4.99 Å². The first-order valence-electron chi connectivity index (χ1n) is 9.19. The van der Waals surface area contributed by atoms with Gasteiger partial charge in [-0.1, -0.05) is 50.2 Å². The van der Waals surface area contributed by atoms with Crippen LogP contribution in [0.3, 0.4) is 0 Å². The number of aliphatic imine (C=N–C) groups is 1. The zero-order chi connectivity index (χ0) is 20.3. The summed E-state index contributed by atoms with van der Waals surface area (Å²) in [6.45, 7) is 7.42. The minimum Gasteiger partial charge on any atom is -0.275 e. The first kappa shape index (κ1) is 18.7. The van der Waals surface area contributed by atoms with Gasteiger partial charge in [-0.25, -0.2) is 4.98 Å². The van der Waals surface area contributed by atoms with Crippen molar-refractivity contribution in [3.05, 3.63) is 77.0 Å². The molecule has 4 rings (SSSR count). The van der Waals surface area contributed by atoms with Gasteiger partial charge in [-0.15, -0.1) is 0 Å². The highest BCUT2D eigenvalue weighted by molar-refractivity contribution is 6.14. The van der Waals surface area contributed by atoms with Crippen molar-refractivity contribution in [1.82, 2.24) is 4.98 Å². The van der Waals surface area contributed by atoms with Crippen LogP contribution in [0.2, 0.25) is 0 Å². The van der Waals surface area contributed by atoms with Gasteiger partial charge in [-0.2, -0.15) is 13.2 Å². The molecule has 0 fully saturated rings. The topological polar surface area (TPSA) is 25.2 Å². The van der Waals surface area contributed by atoms with E-state index < -0.39 is 22.7 Å². The summed E-state index contributed by atoms with van der Waals surface area (Å²) < 4.78 is 41.6. The van der Waals surface area contributed by atoms with E-state index in [0.717, 1.165) is 17.0 Å². The molecule has 0 saturated heterocycles. The summed E-state index contributed by atoms with van der Waals surface area (Å²) in [5.74, 6) is 0. The van der Waals surface area contributed by atoms with Crippen LogP contribution in [0.25, 0.3) is 10.9 Å². The molecule has 5 heteroatoms. The number of benzene rings is 2. The van der Waals surface area contributed by atoms with Gasteiger partial charge >= 0.3 is 6.18 Å². The van der Waals surface area contributed by atoms with Gasteiger partial charge in [-0.3, -0.25) is 4.99 Å². The van der Waals surface area contributed by atoms with Gasteiger partial charge in [0.1, 0.15) is 0 Å². The van der Waals surface area contributed by atoms with Crippen LogP contribution in [0, 0.1) is 0 Å². The lowest BCUT2D eigenvalue weighted by molar-refractivity contribution is -0.139. The van der Waals surface area contributed by atoms with Crippen molar-refractivity contribution in [3.63, 3.8) is 0 Å². The monoisotopic (exact) mass is 382 g/mol. The fourth-order valence-electron chi connectivity index (χ4n) is 3.84. The molecule has 1 aliphatic rings. The molecule has 0 saturated carbocycles.